The SMILES string of the molecule is COc1cc(NC(=O)c2cc(NC(=O)[C@H]3[C@H](c4cc(Cl)cc(Cl)c4)C3(Cl)Cl)ccc2Cl)ccc1Cl. The number of methoxy groups -OCH3 is 1. The molecule has 11 heteroatoms. The van der Waals surface area contributed by atoms with Crippen LogP contribution in [-0.2, 0) is 4.79 Å². The van der Waals surface area contributed by atoms with E-state index in [1.165, 1.54) is 19.2 Å². The maximum atomic E-state index is 13.0. The molecule has 1 saturated carbocycles. The van der Waals surface area contributed by atoms with Gasteiger partial charge in [-0.15, -0.1) is 23.2 Å². The summed E-state index contributed by atoms with van der Waals surface area (Å²) in [6.07, 6.45) is 0. The zero-order chi connectivity index (χ0) is 25.5. The first-order chi connectivity index (χ1) is 16.5. The predicted molar refractivity (Wildman–Crippen MR) is 143 cm³/mol. The Morgan fingerprint density at radius 2 is 1.43 bits per heavy atom. The number of hydrogen-bond donors (Lipinski definition) is 2. The van der Waals surface area contributed by atoms with Crippen LogP contribution in [0.4, 0.5) is 11.4 Å². The molecule has 0 aromatic heterocycles. The van der Waals surface area contributed by atoms with Crippen LogP contribution >= 0.6 is 69.6 Å². The van der Waals surface area contributed by atoms with Gasteiger partial charge in [-0.25, -0.2) is 0 Å². The van der Waals surface area contributed by atoms with Gasteiger partial charge in [0, 0.05) is 33.4 Å². The summed E-state index contributed by atoms with van der Waals surface area (Å²) in [5.41, 5.74) is 1.60. The highest BCUT2D eigenvalue weighted by Gasteiger charge is 2.67. The molecule has 2 atom stereocenters. The molecular formula is C24H16Cl6N2O3. The van der Waals surface area contributed by atoms with Crippen molar-refractivity contribution in [2.75, 3.05) is 17.7 Å². The minimum absolute atomic E-state index is 0.148. The molecule has 3 aromatic rings. The standard InChI is InChI=1S/C24H16Cl6N2O3/c1-35-19-10-15(3-5-18(19)28)31-22(33)16-9-14(2-4-17(16)27)32-23(34)21-20(24(21,29)30)11-6-12(25)8-13(26)7-11/h2-10,20-21H,1H3,(H,31,33)(H,32,34)/t20-,21+/m0/s1. The highest BCUT2D eigenvalue weighted by molar-refractivity contribution is 6.53. The van der Waals surface area contributed by atoms with Gasteiger partial charge >= 0.3 is 0 Å². The van der Waals surface area contributed by atoms with Gasteiger partial charge in [0.2, 0.25) is 5.91 Å². The lowest BCUT2D eigenvalue weighted by Crippen LogP contribution is -2.18. The number of hydrogen-bond acceptors (Lipinski definition) is 3. The third-order valence-electron chi connectivity index (χ3n) is 5.47. The van der Waals surface area contributed by atoms with Gasteiger partial charge in [0.15, 0.2) is 0 Å². The maximum absolute atomic E-state index is 13.0. The zero-order valence-corrected chi connectivity index (χ0v) is 22.4. The third kappa shape index (κ3) is 5.61. The second-order valence-electron chi connectivity index (χ2n) is 7.82. The first-order valence-electron chi connectivity index (χ1n) is 10.1. The summed E-state index contributed by atoms with van der Waals surface area (Å²) in [5.74, 6) is -1.77. The summed E-state index contributed by atoms with van der Waals surface area (Å²) < 4.78 is 3.83. The third-order valence-corrected chi connectivity index (χ3v) is 7.49. The second-order valence-corrected chi connectivity index (χ2v) is 11.0. The molecule has 0 bridgehead atoms. The molecule has 5 nitrogen and oxygen atoms in total. The molecular weight excluding hydrogens is 577 g/mol. The number of ether oxygens (including phenoxy) is 1. The van der Waals surface area contributed by atoms with Crippen LogP contribution in [0.3, 0.4) is 0 Å². The van der Waals surface area contributed by atoms with Crippen molar-refractivity contribution in [1.29, 1.82) is 0 Å². The smallest absolute Gasteiger partial charge is 0.257 e. The Balaban J connectivity index is 1.51. The molecule has 35 heavy (non-hydrogen) atoms. The van der Waals surface area contributed by atoms with Crippen molar-refractivity contribution in [2.45, 2.75) is 10.3 Å². The number of anilines is 2. The second kappa shape index (κ2) is 10.3. The van der Waals surface area contributed by atoms with Crippen molar-refractivity contribution >= 4 is 92.8 Å². The summed E-state index contributed by atoms with van der Waals surface area (Å²) >= 11 is 37.3. The summed E-state index contributed by atoms with van der Waals surface area (Å²) in [7, 11) is 1.47. The number of carbonyl (C=O) groups is 2. The average Bonchev–Trinajstić information content (AvgIpc) is 3.37. The number of halogens is 6. The van der Waals surface area contributed by atoms with Gasteiger partial charge in [0.25, 0.3) is 5.91 Å². The Hall–Kier alpha value is -1.86. The molecule has 3 aromatic carbocycles. The van der Waals surface area contributed by atoms with Crippen molar-refractivity contribution in [3.05, 3.63) is 85.8 Å². The van der Waals surface area contributed by atoms with E-state index in [0.29, 0.717) is 37.8 Å². The molecule has 0 heterocycles. The number of amides is 2. The lowest BCUT2D eigenvalue weighted by atomic mass is 10.1. The zero-order valence-electron chi connectivity index (χ0n) is 17.8. The molecule has 2 N–H and O–H groups in total. The van der Waals surface area contributed by atoms with Crippen molar-refractivity contribution in [1.82, 2.24) is 0 Å². The van der Waals surface area contributed by atoms with Crippen molar-refractivity contribution < 1.29 is 14.3 Å². The van der Waals surface area contributed by atoms with Crippen molar-refractivity contribution in [2.24, 2.45) is 5.92 Å². The van der Waals surface area contributed by atoms with Gasteiger partial charge in [0.1, 0.15) is 10.1 Å². The van der Waals surface area contributed by atoms with Crippen LogP contribution in [0.1, 0.15) is 21.8 Å². The fraction of sp³-hybridized carbons (Fsp3) is 0.167. The molecule has 4 rings (SSSR count). The Morgan fingerprint density at radius 1 is 0.829 bits per heavy atom. The number of alkyl halides is 2. The van der Waals surface area contributed by atoms with E-state index < -0.39 is 28.0 Å². The largest absolute Gasteiger partial charge is 0.495 e. The summed E-state index contributed by atoms with van der Waals surface area (Å²) in [5, 5.41) is 6.90. The van der Waals surface area contributed by atoms with Gasteiger partial charge in [-0.05, 0) is 54.1 Å². The predicted octanol–water partition coefficient (Wildman–Crippen LogP) is 8.09. The van der Waals surface area contributed by atoms with E-state index in [-0.39, 0.29) is 10.6 Å². The van der Waals surface area contributed by atoms with E-state index in [2.05, 4.69) is 10.6 Å². The number of carbonyl (C=O) groups excluding carboxylic acids is 2. The molecule has 0 aliphatic heterocycles. The van der Waals surface area contributed by atoms with Gasteiger partial charge in [-0.2, -0.15) is 0 Å². The molecule has 0 radical (unpaired) electrons. The summed E-state index contributed by atoms with van der Waals surface area (Å²) in [6, 6.07) is 14.2. The highest BCUT2D eigenvalue weighted by Crippen LogP contribution is 2.65. The Labute approximate surface area is 231 Å². The lowest BCUT2D eigenvalue weighted by molar-refractivity contribution is -0.117. The molecule has 0 unspecified atom stereocenters. The van der Waals surface area contributed by atoms with E-state index in [1.54, 1.807) is 42.5 Å². The monoisotopic (exact) mass is 590 g/mol. The molecule has 1 aliphatic carbocycles. The molecule has 1 aliphatic rings. The maximum Gasteiger partial charge on any atom is 0.257 e. The molecule has 182 valence electrons. The van der Waals surface area contributed by atoms with E-state index in [4.69, 9.17) is 74.3 Å². The minimum atomic E-state index is -1.33. The van der Waals surface area contributed by atoms with Gasteiger partial charge < -0.3 is 15.4 Å². The van der Waals surface area contributed by atoms with Gasteiger partial charge in [0.05, 0.1) is 28.6 Å². The van der Waals surface area contributed by atoms with E-state index in [1.807, 2.05) is 0 Å². The van der Waals surface area contributed by atoms with Gasteiger partial charge in [-0.1, -0.05) is 46.4 Å². The Bertz CT molecular complexity index is 1310. The lowest BCUT2D eigenvalue weighted by Gasteiger charge is -2.11. The first kappa shape index (κ1) is 26.2. The topological polar surface area (TPSA) is 67.4 Å². The van der Waals surface area contributed by atoms with Gasteiger partial charge in [-0.3, -0.25) is 9.59 Å². The van der Waals surface area contributed by atoms with Crippen LogP contribution in [0.2, 0.25) is 20.1 Å². The first-order valence-corrected chi connectivity index (χ1v) is 12.4. The minimum Gasteiger partial charge on any atom is -0.495 e. The molecule has 0 spiro atoms. The van der Waals surface area contributed by atoms with Crippen molar-refractivity contribution in [3.63, 3.8) is 0 Å². The summed E-state index contributed by atoms with van der Waals surface area (Å²) in [6.45, 7) is 0. The fourth-order valence-corrected chi connectivity index (χ4v) is 5.52. The van der Waals surface area contributed by atoms with E-state index in [9.17, 15) is 9.59 Å². The van der Waals surface area contributed by atoms with E-state index >= 15 is 0 Å². The summed E-state index contributed by atoms with van der Waals surface area (Å²) in [4.78, 5) is 25.9. The number of benzene rings is 3. The van der Waals surface area contributed by atoms with E-state index in [0.717, 1.165) is 0 Å². The average molecular weight is 593 g/mol. The molecule has 2 amide bonds. The molecule has 0 saturated heterocycles. The normalized spacial score (nSPS) is 18.0. The molecule has 1 fully saturated rings. The van der Waals surface area contributed by atoms with Crippen LogP contribution in [0, 0.1) is 5.92 Å². The quantitative estimate of drug-likeness (QED) is 0.284. The Kier molecular flexibility index (Phi) is 7.68. The van der Waals surface area contributed by atoms with Crippen LogP contribution in [-0.4, -0.2) is 23.3 Å². The number of rotatable bonds is 6. The van der Waals surface area contributed by atoms with Crippen LogP contribution in [0.15, 0.2) is 54.6 Å². The van der Waals surface area contributed by atoms with Crippen LogP contribution < -0.4 is 15.4 Å². The number of nitrogens with one attached hydrogen (secondary N) is 2. The van der Waals surface area contributed by atoms with Crippen molar-refractivity contribution in [3.8, 4) is 5.75 Å². The van der Waals surface area contributed by atoms with Crippen LogP contribution in [0.25, 0.3) is 0 Å². The fourth-order valence-electron chi connectivity index (χ4n) is 3.76. The Morgan fingerprint density at radius 3 is 2.06 bits per heavy atom. The van der Waals surface area contributed by atoms with Crippen LogP contribution in [0.5, 0.6) is 5.75 Å². The highest BCUT2D eigenvalue weighted by atomic mass is 35.5.